The van der Waals surface area contributed by atoms with Gasteiger partial charge in [0.05, 0.1) is 34.4 Å². The van der Waals surface area contributed by atoms with E-state index in [1.54, 1.807) is 0 Å². The van der Waals surface area contributed by atoms with Gasteiger partial charge in [-0.05, 0) is 32.1 Å². The van der Waals surface area contributed by atoms with E-state index in [9.17, 15) is 14.3 Å². The molecule has 0 aromatic carbocycles. The van der Waals surface area contributed by atoms with Crippen LogP contribution in [0.15, 0.2) is 12.2 Å². The number of carbonyl (C=O) groups is 1. The standard InChI is InChI=1S/C37H74NO7P/c1-6-8-10-12-14-16-18-19-20-21-23-25-27-29-32-42-34-36(35-44-46(40,41)43-33-31-38(3,4)5)45-37(39)30-28-26-24-22-17-15-13-11-9-7-2/h11,13,36H,6-10,12,14-35H2,1-5H3/b13-11-. The summed E-state index contributed by atoms with van der Waals surface area (Å²) in [6.45, 7) is 5.35. The summed E-state index contributed by atoms with van der Waals surface area (Å²) in [5.41, 5.74) is 0. The Kier molecular flexibility index (Phi) is 31.0. The fraction of sp³-hybridized carbons (Fsp3) is 0.919. The quantitative estimate of drug-likeness (QED) is 0.0217. The fourth-order valence-electron chi connectivity index (χ4n) is 5.08. The van der Waals surface area contributed by atoms with E-state index in [1.165, 1.54) is 89.9 Å². The minimum Gasteiger partial charge on any atom is -0.756 e. The van der Waals surface area contributed by atoms with Gasteiger partial charge >= 0.3 is 5.97 Å². The SMILES string of the molecule is CCC/C=C\CCCCCCCC(=O)OC(COCCCCCCCCCCCCCCCC)COP(=O)([O-])OCC[N+](C)(C)C. The van der Waals surface area contributed by atoms with Gasteiger partial charge in [-0.15, -0.1) is 0 Å². The zero-order valence-corrected chi connectivity index (χ0v) is 31.7. The second-order valence-corrected chi connectivity index (χ2v) is 15.4. The molecule has 0 amide bonds. The van der Waals surface area contributed by atoms with Gasteiger partial charge in [0, 0.05) is 13.0 Å². The summed E-state index contributed by atoms with van der Waals surface area (Å²) in [6, 6.07) is 0. The first kappa shape index (κ1) is 45.2. The number of hydrogen-bond acceptors (Lipinski definition) is 7. The van der Waals surface area contributed by atoms with Crippen LogP contribution in [-0.4, -0.2) is 70.7 Å². The van der Waals surface area contributed by atoms with E-state index >= 15 is 0 Å². The molecule has 2 atom stereocenters. The Bertz CT molecular complexity index is 756. The molecule has 274 valence electrons. The average Bonchev–Trinajstić information content (AvgIpc) is 2.99. The topological polar surface area (TPSA) is 94.1 Å². The zero-order chi connectivity index (χ0) is 34.2. The van der Waals surface area contributed by atoms with Crippen molar-refractivity contribution >= 4 is 13.8 Å². The van der Waals surface area contributed by atoms with Gasteiger partial charge in [0.25, 0.3) is 7.82 Å². The first-order valence-electron chi connectivity index (χ1n) is 18.9. The molecule has 0 saturated heterocycles. The number of rotatable bonds is 35. The van der Waals surface area contributed by atoms with Crippen molar-refractivity contribution in [1.82, 2.24) is 0 Å². The summed E-state index contributed by atoms with van der Waals surface area (Å²) >= 11 is 0. The average molecular weight is 676 g/mol. The molecule has 0 aliphatic rings. The van der Waals surface area contributed by atoms with Crippen molar-refractivity contribution in [1.29, 1.82) is 0 Å². The molecule has 0 radical (unpaired) electrons. The maximum atomic E-state index is 12.5. The first-order chi connectivity index (χ1) is 22.1. The Labute approximate surface area is 284 Å². The van der Waals surface area contributed by atoms with Gasteiger partial charge in [-0.1, -0.05) is 135 Å². The smallest absolute Gasteiger partial charge is 0.306 e. The molecule has 46 heavy (non-hydrogen) atoms. The van der Waals surface area contributed by atoms with Crippen LogP contribution in [0.1, 0.15) is 162 Å². The first-order valence-corrected chi connectivity index (χ1v) is 20.4. The van der Waals surface area contributed by atoms with E-state index < -0.39 is 13.9 Å². The second kappa shape index (κ2) is 31.5. The van der Waals surface area contributed by atoms with Gasteiger partial charge in [0.2, 0.25) is 0 Å². The highest BCUT2D eigenvalue weighted by Gasteiger charge is 2.20. The van der Waals surface area contributed by atoms with Crippen LogP contribution in [0.25, 0.3) is 0 Å². The number of nitrogens with zero attached hydrogens (tertiary/aromatic N) is 1. The van der Waals surface area contributed by atoms with Crippen LogP contribution in [0.2, 0.25) is 0 Å². The lowest BCUT2D eigenvalue weighted by Gasteiger charge is -2.28. The van der Waals surface area contributed by atoms with Gasteiger partial charge < -0.3 is 27.9 Å². The third kappa shape index (κ3) is 34.6. The van der Waals surface area contributed by atoms with Crippen molar-refractivity contribution in [3.05, 3.63) is 12.2 Å². The maximum Gasteiger partial charge on any atom is 0.306 e. The lowest BCUT2D eigenvalue weighted by molar-refractivity contribution is -0.870. The van der Waals surface area contributed by atoms with Crippen molar-refractivity contribution in [3.8, 4) is 0 Å². The van der Waals surface area contributed by atoms with Crippen molar-refractivity contribution in [2.45, 2.75) is 168 Å². The summed E-state index contributed by atoms with van der Waals surface area (Å²) in [5, 5.41) is 0. The van der Waals surface area contributed by atoms with E-state index in [4.69, 9.17) is 18.5 Å². The highest BCUT2D eigenvalue weighted by molar-refractivity contribution is 7.45. The molecule has 9 heteroatoms. The third-order valence-corrected chi connectivity index (χ3v) is 9.01. The predicted octanol–water partition coefficient (Wildman–Crippen LogP) is 9.69. The molecule has 0 fully saturated rings. The van der Waals surface area contributed by atoms with Crippen LogP contribution >= 0.6 is 7.82 Å². The number of esters is 1. The molecule has 0 aliphatic carbocycles. The number of carbonyl (C=O) groups excluding carboxylic acids is 1. The molecule has 2 unspecified atom stereocenters. The van der Waals surface area contributed by atoms with Crippen LogP contribution in [0.4, 0.5) is 0 Å². The number of phosphoric acid groups is 1. The van der Waals surface area contributed by atoms with E-state index in [0.717, 1.165) is 51.4 Å². The lowest BCUT2D eigenvalue weighted by Crippen LogP contribution is -2.37. The van der Waals surface area contributed by atoms with Crippen molar-refractivity contribution in [2.24, 2.45) is 0 Å². The highest BCUT2D eigenvalue weighted by atomic mass is 31.2. The Balaban J connectivity index is 4.27. The summed E-state index contributed by atoms with van der Waals surface area (Å²) in [5.74, 6) is -0.345. The number of unbranched alkanes of at least 4 members (excludes halogenated alkanes) is 19. The number of phosphoric ester groups is 1. The Hall–Kier alpha value is -0.760. The van der Waals surface area contributed by atoms with Crippen molar-refractivity contribution in [3.63, 3.8) is 0 Å². The molecule has 0 spiro atoms. The van der Waals surface area contributed by atoms with Crippen LogP contribution in [0.5, 0.6) is 0 Å². The number of allylic oxidation sites excluding steroid dienone is 2. The normalized spacial score (nSPS) is 14.1. The molecule has 0 rings (SSSR count). The molecule has 0 aromatic heterocycles. The van der Waals surface area contributed by atoms with Crippen molar-refractivity contribution in [2.75, 3.05) is 54.1 Å². The number of quaternary nitrogens is 1. The van der Waals surface area contributed by atoms with Gasteiger partial charge in [-0.2, -0.15) is 0 Å². The highest BCUT2D eigenvalue weighted by Crippen LogP contribution is 2.38. The molecule has 0 bridgehead atoms. The molecular formula is C37H74NO7P. The molecule has 0 saturated carbocycles. The molecule has 8 nitrogen and oxygen atoms in total. The summed E-state index contributed by atoms with van der Waals surface area (Å²) in [6.07, 6.45) is 30.7. The molecule has 0 heterocycles. The van der Waals surface area contributed by atoms with E-state index in [0.29, 0.717) is 24.1 Å². The van der Waals surface area contributed by atoms with E-state index in [1.807, 2.05) is 21.1 Å². The van der Waals surface area contributed by atoms with E-state index in [2.05, 4.69) is 26.0 Å². The molecule has 0 aliphatic heterocycles. The maximum absolute atomic E-state index is 12.5. The van der Waals surface area contributed by atoms with Crippen LogP contribution in [0.3, 0.4) is 0 Å². The van der Waals surface area contributed by atoms with Crippen LogP contribution in [-0.2, 0) is 27.9 Å². The van der Waals surface area contributed by atoms with Gasteiger partial charge in [0.15, 0.2) is 0 Å². The summed E-state index contributed by atoms with van der Waals surface area (Å²) < 4.78 is 34.4. The minimum absolute atomic E-state index is 0.0272. The zero-order valence-electron chi connectivity index (χ0n) is 30.8. The predicted molar refractivity (Wildman–Crippen MR) is 190 cm³/mol. The van der Waals surface area contributed by atoms with Gasteiger partial charge in [-0.25, -0.2) is 0 Å². The summed E-state index contributed by atoms with van der Waals surface area (Å²) in [4.78, 5) is 24.8. The Morgan fingerprint density at radius 2 is 1.17 bits per heavy atom. The number of ether oxygens (including phenoxy) is 2. The van der Waals surface area contributed by atoms with Crippen molar-refractivity contribution < 1.29 is 37.3 Å². The third-order valence-electron chi connectivity index (χ3n) is 8.05. The number of likely N-dealkylation sites (N-methyl/N-ethyl adjacent to an activating group) is 1. The monoisotopic (exact) mass is 676 g/mol. The van der Waals surface area contributed by atoms with Gasteiger partial charge in [-0.3, -0.25) is 9.36 Å². The molecule has 0 N–H and O–H groups in total. The number of hydrogen-bond donors (Lipinski definition) is 0. The van der Waals surface area contributed by atoms with Crippen LogP contribution < -0.4 is 4.89 Å². The minimum atomic E-state index is -4.51. The Morgan fingerprint density at radius 3 is 1.74 bits per heavy atom. The second-order valence-electron chi connectivity index (χ2n) is 13.9. The molecule has 0 aromatic rings. The van der Waals surface area contributed by atoms with Crippen LogP contribution in [0, 0.1) is 0 Å². The van der Waals surface area contributed by atoms with E-state index in [-0.39, 0.29) is 25.8 Å². The molecular weight excluding hydrogens is 601 g/mol. The largest absolute Gasteiger partial charge is 0.756 e. The summed E-state index contributed by atoms with van der Waals surface area (Å²) in [7, 11) is 1.36. The lowest BCUT2D eigenvalue weighted by atomic mass is 10.0. The Morgan fingerprint density at radius 1 is 0.652 bits per heavy atom. The van der Waals surface area contributed by atoms with Gasteiger partial charge in [0.1, 0.15) is 19.3 Å². The fourth-order valence-corrected chi connectivity index (χ4v) is 5.81.